The lowest BCUT2D eigenvalue weighted by Gasteiger charge is -2.34. The van der Waals surface area contributed by atoms with E-state index in [0.29, 0.717) is 68.8 Å². The lowest BCUT2D eigenvalue weighted by Crippen LogP contribution is -2.51. The van der Waals surface area contributed by atoms with E-state index in [-0.39, 0.29) is 11.8 Å². The maximum absolute atomic E-state index is 12.6. The molecule has 172 valence electrons. The Morgan fingerprint density at radius 3 is 2.45 bits per heavy atom. The number of piperazine rings is 1. The summed E-state index contributed by atoms with van der Waals surface area (Å²) in [5.41, 5.74) is 1.97. The molecule has 7 nitrogen and oxygen atoms in total. The van der Waals surface area contributed by atoms with Gasteiger partial charge < -0.3 is 14.6 Å². The van der Waals surface area contributed by atoms with E-state index in [1.807, 2.05) is 47.4 Å². The molecule has 0 bridgehead atoms. The molecular formula is C25H27ClN4O3. The van der Waals surface area contributed by atoms with E-state index in [1.54, 1.807) is 18.3 Å². The Kier molecular flexibility index (Phi) is 7.75. The van der Waals surface area contributed by atoms with Gasteiger partial charge in [0.05, 0.1) is 12.7 Å². The van der Waals surface area contributed by atoms with Gasteiger partial charge in [-0.2, -0.15) is 0 Å². The molecule has 1 N–H and O–H groups in total. The van der Waals surface area contributed by atoms with Gasteiger partial charge in [0, 0.05) is 56.2 Å². The van der Waals surface area contributed by atoms with Crippen molar-refractivity contribution in [2.75, 3.05) is 32.7 Å². The Morgan fingerprint density at radius 2 is 1.73 bits per heavy atom. The van der Waals surface area contributed by atoms with Crippen molar-refractivity contribution in [3.05, 3.63) is 77.3 Å². The van der Waals surface area contributed by atoms with Crippen LogP contribution in [0.3, 0.4) is 0 Å². The number of hydrogen-bond acceptors (Lipinski definition) is 5. The van der Waals surface area contributed by atoms with Gasteiger partial charge in [-0.1, -0.05) is 41.9 Å². The molecule has 0 radical (unpaired) electrons. The van der Waals surface area contributed by atoms with Crippen LogP contribution in [0.5, 0.6) is 0 Å². The first-order valence-corrected chi connectivity index (χ1v) is 11.5. The number of hydrogen-bond donors (Lipinski definition) is 1. The summed E-state index contributed by atoms with van der Waals surface area (Å²) in [6.45, 7) is 3.48. The zero-order chi connectivity index (χ0) is 23.0. The lowest BCUT2D eigenvalue weighted by atomic mass is 10.2. The molecular weight excluding hydrogens is 440 g/mol. The Balaban J connectivity index is 1.17. The van der Waals surface area contributed by atoms with Crippen LogP contribution < -0.4 is 5.32 Å². The molecule has 0 spiro atoms. The van der Waals surface area contributed by atoms with Gasteiger partial charge in [0.25, 0.3) is 0 Å². The summed E-state index contributed by atoms with van der Waals surface area (Å²) in [5.74, 6) is 1.28. The number of halogens is 1. The molecule has 0 saturated carbocycles. The van der Waals surface area contributed by atoms with Gasteiger partial charge >= 0.3 is 0 Å². The Hall–Kier alpha value is -3.16. The highest BCUT2D eigenvalue weighted by Crippen LogP contribution is 2.22. The van der Waals surface area contributed by atoms with Crippen molar-refractivity contribution in [2.24, 2.45) is 0 Å². The molecule has 1 saturated heterocycles. The van der Waals surface area contributed by atoms with Crippen molar-refractivity contribution in [3.63, 3.8) is 0 Å². The predicted molar refractivity (Wildman–Crippen MR) is 127 cm³/mol. The van der Waals surface area contributed by atoms with Gasteiger partial charge in [-0.05, 0) is 29.8 Å². The van der Waals surface area contributed by atoms with Crippen molar-refractivity contribution in [1.82, 2.24) is 20.1 Å². The normalized spacial score (nSPS) is 14.3. The topological polar surface area (TPSA) is 78.7 Å². The number of rotatable bonds is 8. The van der Waals surface area contributed by atoms with Crippen LogP contribution in [0.25, 0.3) is 11.3 Å². The van der Waals surface area contributed by atoms with Gasteiger partial charge in [0.2, 0.25) is 11.8 Å². The molecule has 4 rings (SSSR count). The minimum absolute atomic E-state index is 0.000912. The molecule has 8 heteroatoms. The number of benzene rings is 2. The molecule has 3 aromatic rings. The van der Waals surface area contributed by atoms with E-state index in [1.165, 1.54) is 0 Å². The molecule has 33 heavy (non-hydrogen) atoms. The summed E-state index contributed by atoms with van der Waals surface area (Å²) in [6, 6.07) is 17.2. The molecule has 1 aliphatic heterocycles. The molecule has 0 unspecified atom stereocenters. The van der Waals surface area contributed by atoms with Gasteiger partial charge in [-0.15, -0.1) is 0 Å². The van der Waals surface area contributed by atoms with Crippen LogP contribution in [0, 0.1) is 0 Å². The van der Waals surface area contributed by atoms with Crippen molar-refractivity contribution in [1.29, 1.82) is 0 Å². The zero-order valence-corrected chi connectivity index (χ0v) is 19.1. The summed E-state index contributed by atoms with van der Waals surface area (Å²) in [7, 11) is 0. The molecule has 2 heterocycles. The minimum Gasteiger partial charge on any atom is -0.441 e. The van der Waals surface area contributed by atoms with Crippen LogP contribution in [-0.2, 0) is 22.6 Å². The summed E-state index contributed by atoms with van der Waals surface area (Å²) < 4.78 is 5.79. The number of carbonyl (C=O) groups excluding carboxylic acids is 2. The second-order valence-corrected chi connectivity index (χ2v) is 8.48. The average molecular weight is 467 g/mol. The van der Waals surface area contributed by atoms with E-state index < -0.39 is 0 Å². The summed E-state index contributed by atoms with van der Waals surface area (Å²) >= 11 is 5.92. The second kappa shape index (κ2) is 11.1. The Labute approximate surface area is 198 Å². The predicted octanol–water partition coefficient (Wildman–Crippen LogP) is 3.39. The maximum Gasteiger partial charge on any atom is 0.234 e. The third kappa shape index (κ3) is 6.66. The van der Waals surface area contributed by atoms with Crippen molar-refractivity contribution < 1.29 is 14.0 Å². The van der Waals surface area contributed by atoms with Crippen LogP contribution in [0.1, 0.15) is 17.9 Å². The number of nitrogens with zero attached hydrogens (tertiary/aromatic N) is 3. The summed E-state index contributed by atoms with van der Waals surface area (Å²) in [4.78, 5) is 33.1. The smallest absolute Gasteiger partial charge is 0.234 e. The van der Waals surface area contributed by atoms with Crippen LogP contribution >= 0.6 is 11.6 Å². The standard InChI is InChI=1S/C25H27ClN4O3/c26-21-8-6-20(7-9-21)22-17-28-24(33-22)10-11-25(32)30-14-12-29(13-15-30)18-23(31)27-16-19-4-2-1-3-5-19/h1-9,17H,10-16,18H2,(H,27,31). The highest BCUT2D eigenvalue weighted by molar-refractivity contribution is 6.30. The van der Waals surface area contributed by atoms with Crippen LogP contribution in [0.4, 0.5) is 0 Å². The highest BCUT2D eigenvalue weighted by Gasteiger charge is 2.22. The fourth-order valence-corrected chi connectivity index (χ4v) is 3.88. The Morgan fingerprint density at radius 1 is 1.00 bits per heavy atom. The van der Waals surface area contributed by atoms with Gasteiger partial charge in [-0.3, -0.25) is 14.5 Å². The van der Waals surface area contributed by atoms with E-state index >= 15 is 0 Å². The summed E-state index contributed by atoms with van der Waals surface area (Å²) in [5, 5.41) is 3.61. The van der Waals surface area contributed by atoms with E-state index in [9.17, 15) is 9.59 Å². The van der Waals surface area contributed by atoms with E-state index in [4.69, 9.17) is 16.0 Å². The molecule has 1 fully saturated rings. The average Bonchev–Trinajstić information content (AvgIpc) is 3.32. The fourth-order valence-electron chi connectivity index (χ4n) is 3.76. The molecule has 1 aromatic heterocycles. The van der Waals surface area contributed by atoms with Crippen molar-refractivity contribution >= 4 is 23.4 Å². The van der Waals surface area contributed by atoms with E-state index in [2.05, 4.69) is 15.2 Å². The molecule has 2 amide bonds. The largest absolute Gasteiger partial charge is 0.441 e. The number of oxazole rings is 1. The number of aromatic nitrogens is 1. The molecule has 2 aromatic carbocycles. The Bertz CT molecular complexity index is 1060. The van der Waals surface area contributed by atoms with Crippen LogP contribution in [-0.4, -0.2) is 59.3 Å². The SMILES string of the molecule is O=C(CN1CCN(C(=O)CCc2ncc(-c3ccc(Cl)cc3)o2)CC1)NCc1ccccc1. The third-order valence-electron chi connectivity index (χ3n) is 5.66. The minimum atomic E-state index is -0.000912. The monoisotopic (exact) mass is 466 g/mol. The van der Waals surface area contributed by atoms with E-state index in [0.717, 1.165) is 11.1 Å². The first-order valence-electron chi connectivity index (χ1n) is 11.1. The second-order valence-electron chi connectivity index (χ2n) is 8.04. The van der Waals surface area contributed by atoms with Gasteiger partial charge in [-0.25, -0.2) is 4.98 Å². The number of nitrogens with one attached hydrogen (secondary N) is 1. The van der Waals surface area contributed by atoms with Crippen LogP contribution in [0.2, 0.25) is 5.02 Å². The van der Waals surface area contributed by atoms with Gasteiger partial charge in [0.1, 0.15) is 0 Å². The van der Waals surface area contributed by atoms with Crippen molar-refractivity contribution in [2.45, 2.75) is 19.4 Å². The quantitative estimate of drug-likeness (QED) is 0.550. The summed E-state index contributed by atoms with van der Waals surface area (Å²) in [6.07, 6.45) is 2.47. The lowest BCUT2D eigenvalue weighted by molar-refractivity contribution is -0.133. The number of amides is 2. The first-order chi connectivity index (χ1) is 16.1. The van der Waals surface area contributed by atoms with Crippen molar-refractivity contribution in [3.8, 4) is 11.3 Å². The maximum atomic E-state index is 12.6. The molecule has 0 aliphatic carbocycles. The highest BCUT2D eigenvalue weighted by atomic mass is 35.5. The zero-order valence-electron chi connectivity index (χ0n) is 18.4. The number of aryl methyl sites for hydroxylation is 1. The third-order valence-corrected chi connectivity index (χ3v) is 5.91. The van der Waals surface area contributed by atoms with Gasteiger partial charge in [0.15, 0.2) is 11.7 Å². The first kappa shape index (κ1) is 23.0. The van der Waals surface area contributed by atoms with Crippen LogP contribution in [0.15, 0.2) is 65.2 Å². The molecule has 0 atom stereocenters. The number of carbonyl (C=O) groups is 2. The molecule has 1 aliphatic rings. The fraction of sp³-hybridized carbons (Fsp3) is 0.320.